The van der Waals surface area contributed by atoms with Gasteiger partial charge < -0.3 is 0 Å². The fourth-order valence-corrected chi connectivity index (χ4v) is 3.63. The number of nitrogens with one attached hydrogen (secondary N) is 1. The number of aromatic amines is 1. The van der Waals surface area contributed by atoms with Crippen molar-refractivity contribution in [2.24, 2.45) is 5.92 Å². The predicted octanol–water partition coefficient (Wildman–Crippen LogP) is -0.337. The zero-order valence-corrected chi connectivity index (χ0v) is 15.3. The Bertz CT molecular complexity index is 809. The van der Waals surface area contributed by atoms with Gasteiger partial charge in [-0.2, -0.15) is 0 Å². The summed E-state index contributed by atoms with van der Waals surface area (Å²) in [5, 5.41) is 19.3. The zero-order chi connectivity index (χ0) is 16.6. The molecule has 0 aliphatic heterocycles. The van der Waals surface area contributed by atoms with Gasteiger partial charge in [0.2, 0.25) is 0 Å². The van der Waals surface area contributed by atoms with Crippen LogP contribution in [0.3, 0.4) is 0 Å². The first-order valence-corrected chi connectivity index (χ1v) is 8.91. The molecule has 3 N–H and O–H groups in total. The molecule has 120 valence electrons. The van der Waals surface area contributed by atoms with E-state index in [1.54, 1.807) is 6.07 Å². The third-order valence-electron chi connectivity index (χ3n) is 4.42. The Kier molecular flexibility index (Phi) is 5.01. The minimum absolute atomic E-state index is 0.0605. The number of H-pyrrole nitrogens is 1. The van der Waals surface area contributed by atoms with Crippen LogP contribution in [0, 0.1) is 5.92 Å². The summed E-state index contributed by atoms with van der Waals surface area (Å²) in [6, 6.07) is 3.32. The van der Waals surface area contributed by atoms with Crippen molar-refractivity contribution >= 4 is 2.57 Å². The summed E-state index contributed by atoms with van der Waals surface area (Å²) in [5.74, 6) is 0.286. The molecule has 1 fully saturated rings. The van der Waals surface area contributed by atoms with E-state index in [0.717, 1.165) is 33.5 Å². The number of rotatable bonds is 3. The van der Waals surface area contributed by atoms with Gasteiger partial charge in [0.25, 0.3) is 0 Å². The minimum atomic E-state index is -0.655. The Morgan fingerprint density at radius 1 is 1.35 bits per heavy atom. The van der Waals surface area contributed by atoms with Gasteiger partial charge in [0.1, 0.15) is 0 Å². The average Bonchev–Trinajstić information content (AvgIpc) is 2.93. The van der Waals surface area contributed by atoms with Crippen LogP contribution in [0.1, 0.15) is 25.3 Å². The number of aromatic nitrogens is 2. The Balaban J connectivity index is 1.97. The summed E-state index contributed by atoms with van der Waals surface area (Å²) in [7, 11) is 0. The van der Waals surface area contributed by atoms with E-state index in [-0.39, 0.29) is 18.6 Å². The molecule has 3 atom stereocenters. The molecule has 0 bridgehead atoms. The van der Waals surface area contributed by atoms with E-state index in [0.29, 0.717) is 30.6 Å². The molecule has 1 aliphatic carbocycles. The van der Waals surface area contributed by atoms with Crippen LogP contribution >= 0.6 is 0 Å². The zero-order valence-electron chi connectivity index (χ0n) is 12.4. The molecule has 2 aromatic rings. The van der Waals surface area contributed by atoms with E-state index in [4.69, 9.17) is 4.42 Å². The number of aliphatic hydroxyl groups is 2. The molecule has 0 amide bonds. The molecule has 2 heterocycles. The fraction of sp³-hybridized carbons (Fsp3) is 0.467. The molecule has 1 saturated carbocycles. The van der Waals surface area contributed by atoms with Crippen molar-refractivity contribution < 1.29 is 45.6 Å². The van der Waals surface area contributed by atoms with Gasteiger partial charge in [-0.3, -0.25) is 0 Å². The summed E-state index contributed by atoms with van der Waals surface area (Å²) < 4.78 is 7.80. The standard InChI is InChI=1S/C15H17N2O5.Y/c18-8-9-3-4-10(6-12(9)19)17-7-11(13-2-1-5-22-13)14(20)16-15(17)21;/h1-2,7,9-10,12,18-19H,3-4,6,8H2,(H,16,20,21);. The van der Waals surface area contributed by atoms with Gasteiger partial charge in [-0.25, -0.2) is 0 Å². The number of furan rings is 1. The number of nitrogens with zero attached hydrogens (tertiary/aromatic N) is 1. The Labute approximate surface area is 151 Å². The Morgan fingerprint density at radius 3 is 2.74 bits per heavy atom. The van der Waals surface area contributed by atoms with Crippen LogP contribution in [0.5, 0.6) is 0 Å². The van der Waals surface area contributed by atoms with Gasteiger partial charge in [-0.1, -0.05) is 0 Å². The number of aliphatic hydroxyl groups excluding tert-OH is 2. The van der Waals surface area contributed by atoms with Crippen molar-refractivity contribution in [2.45, 2.75) is 31.4 Å². The molecule has 0 radical (unpaired) electrons. The second-order valence-electron chi connectivity index (χ2n) is 5.89. The van der Waals surface area contributed by atoms with Crippen molar-refractivity contribution in [2.75, 3.05) is 6.61 Å². The van der Waals surface area contributed by atoms with Crippen LogP contribution in [-0.2, 0) is 31.0 Å². The topological polar surface area (TPSA) is 108 Å². The summed E-state index contributed by atoms with van der Waals surface area (Å²) in [5.41, 5.74) is -0.662. The maximum atomic E-state index is 12.1. The molecule has 0 spiro atoms. The third kappa shape index (κ3) is 3.43. The molecule has 23 heavy (non-hydrogen) atoms. The van der Waals surface area contributed by atoms with E-state index >= 15 is 0 Å². The van der Waals surface area contributed by atoms with Gasteiger partial charge in [-0.05, 0) is 0 Å². The number of hydrogen-bond donors (Lipinski definition) is 3. The van der Waals surface area contributed by atoms with Crippen molar-refractivity contribution in [3.63, 3.8) is 0 Å². The van der Waals surface area contributed by atoms with Gasteiger partial charge in [0.05, 0.1) is 0 Å². The molecular weight excluding hydrogens is 377 g/mol. The van der Waals surface area contributed by atoms with E-state index in [1.807, 2.05) is 6.07 Å². The van der Waals surface area contributed by atoms with E-state index in [9.17, 15) is 19.8 Å². The summed E-state index contributed by atoms with van der Waals surface area (Å²) >= 11 is 0.805. The molecule has 7 nitrogen and oxygen atoms in total. The van der Waals surface area contributed by atoms with Gasteiger partial charge in [0.15, 0.2) is 0 Å². The monoisotopic (exact) mass is 394 g/mol. The first-order valence-electron chi connectivity index (χ1n) is 7.49. The second kappa shape index (κ2) is 6.85. The maximum absolute atomic E-state index is 12.1. The van der Waals surface area contributed by atoms with Crippen molar-refractivity contribution in [1.29, 1.82) is 0 Å². The fourth-order valence-electron chi connectivity index (χ4n) is 3.08. The van der Waals surface area contributed by atoms with Crippen LogP contribution in [0.2, 0.25) is 0 Å². The summed E-state index contributed by atoms with van der Waals surface area (Å²) in [6.07, 6.45) is 2.53. The first kappa shape index (κ1) is 16.8. The van der Waals surface area contributed by atoms with E-state index < -0.39 is 17.4 Å². The summed E-state index contributed by atoms with van der Waals surface area (Å²) in [6.45, 7) is -0.0605. The normalized spacial score (nSPS) is 24.7. The molecule has 0 saturated heterocycles. The quantitative estimate of drug-likeness (QED) is 0.661. The van der Waals surface area contributed by atoms with Gasteiger partial charge in [0, 0.05) is 0 Å². The van der Waals surface area contributed by atoms with Crippen LogP contribution in [0.4, 0.5) is 0 Å². The summed E-state index contributed by atoms with van der Waals surface area (Å²) in [4.78, 5) is 26.5. The Morgan fingerprint density at radius 2 is 2.13 bits per heavy atom. The SMILES string of the molecule is O=c1[nH]c(=O)n(C2CCC(CO)C(O)C2)cc1-c1cc[c]([Y])o1. The van der Waals surface area contributed by atoms with Crippen molar-refractivity contribution in [3.05, 3.63) is 39.2 Å². The molecule has 1 aliphatic rings. The van der Waals surface area contributed by atoms with Crippen molar-refractivity contribution in [3.8, 4) is 11.3 Å². The van der Waals surface area contributed by atoms with E-state index in [2.05, 4.69) is 4.98 Å². The van der Waals surface area contributed by atoms with Crippen LogP contribution < -0.4 is 13.8 Å². The molecular formula is C15H17N2O5Y. The third-order valence-corrected chi connectivity index (χ3v) is 5.18. The average molecular weight is 394 g/mol. The van der Waals surface area contributed by atoms with Gasteiger partial charge >= 0.3 is 152 Å². The Hall–Kier alpha value is -1.02. The second-order valence-corrected chi connectivity index (χ2v) is 7.29. The molecule has 3 unspecified atom stereocenters. The predicted molar refractivity (Wildman–Crippen MR) is 78.1 cm³/mol. The van der Waals surface area contributed by atoms with Crippen LogP contribution in [0.15, 0.2) is 32.3 Å². The number of hydrogen-bond acceptors (Lipinski definition) is 5. The first-order chi connectivity index (χ1) is 11.0. The van der Waals surface area contributed by atoms with Crippen LogP contribution in [-0.4, -0.2) is 32.5 Å². The molecule has 3 rings (SSSR count). The van der Waals surface area contributed by atoms with Crippen LogP contribution in [0.25, 0.3) is 11.3 Å². The molecule has 0 aromatic carbocycles. The van der Waals surface area contributed by atoms with Gasteiger partial charge in [-0.15, -0.1) is 0 Å². The molecule has 2 aromatic heterocycles. The van der Waals surface area contributed by atoms with Crippen molar-refractivity contribution in [1.82, 2.24) is 9.55 Å². The molecule has 8 heteroatoms. The van der Waals surface area contributed by atoms with E-state index in [1.165, 1.54) is 10.8 Å².